The number of halogens is 1. The first kappa shape index (κ1) is 13.4. The zero-order valence-corrected chi connectivity index (χ0v) is 11.7. The fourth-order valence-electron chi connectivity index (χ4n) is 1.46. The van der Waals surface area contributed by atoms with Crippen molar-refractivity contribution in [2.24, 2.45) is 0 Å². The van der Waals surface area contributed by atoms with Crippen molar-refractivity contribution in [2.75, 3.05) is 11.0 Å². The monoisotopic (exact) mass is 259 g/mol. The van der Waals surface area contributed by atoms with E-state index in [-0.39, 0.29) is 5.41 Å². The van der Waals surface area contributed by atoms with E-state index in [4.69, 9.17) is 11.6 Å². The minimum Gasteiger partial charge on any atom is -0.313 e. The van der Waals surface area contributed by atoms with E-state index < -0.39 is 9.71 Å². The average molecular weight is 260 g/mol. The van der Waals surface area contributed by atoms with E-state index in [0.717, 1.165) is 11.3 Å². The molecule has 4 heteroatoms. The summed E-state index contributed by atoms with van der Waals surface area (Å²) in [5, 5.41) is 0.683. The van der Waals surface area contributed by atoms with Crippen LogP contribution < -0.4 is 4.72 Å². The molecule has 0 aliphatic heterocycles. The molecule has 0 aliphatic carbocycles. The molecule has 0 spiro atoms. The third-order valence-electron chi connectivity index (χ3n) is 2.12. The predicted octanol–water partition coefficient (Wildman–Crippen LogP) is 3.31. The minimum absolute atomic E-state index is 0.0576. The van der Waals surface area contributed by atoms with Gasteiger partial charge >= 0.3 is 0 Å². The summed E-state index contributed by atoms with van der Waals surface area (Å²) in [6.45, 7) is 6.26. The van der Waals surface area contributed by atoms with Crippen LogP contribution >= 0.6 is 11.6 Å². The van der Waals surface area contributed by atoms with Gasteiger partial charge in [-0.25, -0.2) is 4.21 Å². The highest BCUT2D eigenvalue weighted by Gasteiger charge is 2.19. The van der Waals surface area contributed by atoms with Gasteiger partial charge in [-0.3, -0.25) is 0 Å². The Balaban J connectivity index is 3.29. The molecule has 1 aromatic carbocycles. The zero-order valence-electron chi connectivity index (χ0n) is 10.1. The van der Waals surface area contributed by atoms with Crippen LogP contribution in [-0.2, 0) is 15.1 Å². The first-order valence-electron chi connectivity index (χ1n) is 4.99. The van der Waals surface area contributed by atoms with Crippen molar-refractivity contribution in [2.45, 2.75) is 26.2 Å². The Morgan fingerprint density at radius 3 is 2.38 bits per heavy atom. The smallest absolute Gasteiger partial charge is 0.0495 e. The largest absolute Gasteiger partial charge is 0.313 e. The Hall–Kier alpha value is -0.670. The molecular formula is C12H18ClNOS. The molecular weight excluding hydrogens is 242 g/mol. The lowest BCUT2D eigenvalue weighted by molar-refractivity contribution is 0.592. The molecule has 0 saturated carbocycles. The maximum atomic E-state index is 11.7. The first-order chi connectivity index (χ1) is 7.09. The van der Waals surface area contributed by atoms with Gasteiger partial charge in [-0.1, -0.05) is 32.4 Å². The highest BCUT2D eigenvalue weighted by atomic mass is 35.5. The van der Waals surface area contributed by atoms with Crippen molar-refractivity contribution in [3.8, 4) is 0 Å². The molecule has 0 fully saturated rings. The van der Waals surface area contributed by atoms with Gasteiger partial charge in [0.25, 0.3) is 0 Å². The summed E-state index contributed by atoms with van der Waals surface area (Å²) in [6, 6.07) is 5.52. The van der Waals surface area contributed by atoms with E-state index in [1.165, 1.54) is 0 Å². The van der Waals surface area contributed by atoms with Crippen molar-refractivity contribution < 1.29 is 4.21 Å². The number of hydrogen-bond acceptors (Lipinski definition) is 1. The van der Waals surface area contributed by atoms with Gasteiger partial charge in [0.1, 0.15) is 0 Å². The quantitative estimate of drug-likeness (QED) is 0.812. The third kappa shape index (κ3) is 3.72. The van der Waals surface area contributed by atoms with Crippen molar-refractivity contribution in [1.29, 1.82) is 0 Å². The molecule has 1 unspecified atom stereocenters. The summed E-state index contributed by atoms with van der Waals surface area (Å²) in [5.41, 5.74) is 1.82. The average Bonchev–Trinajstić information content (AvgIpc) is 2.04. The topological polar surface area (TPSA) is 29.1 Å². The standard InChI is InChI=1S/C12H18ClNOS/c1-12(2,3)10-8-9(13)6-7-11(10)14-16(4,5)15/h6-8H,4H2,1-3,5H3,(H,14,15). The minimum atomic E-state index is -2.27. The molecule has 0 saturated heterocycles. The maximum Gasteiger partial charge on any atom is 0.0495 e. The summed E-state index contributed by atoms with van der Waals surface area (Å²) in [7, 11) is -2.27. The Labute approximate surface area is 103 Å². The van der Waals surface area contributed by atoms with Gasteiger partial charge in [0, 0.05) is 26.7 Å². The van der Waals surface area contributed by atoms with Crippen molar-refractivity contribution in [3.63, 3.8) is 0 Å². The van der Waals surface area contributed by atoms with Crippen LogP contribution in [-0.4, -0.2) is 16.3 Å². The van der Waals surface area contributed by atoms with Crippen molar-refractivity contribution >= 4 is 32.9 Å². The SMILES string of the molecule is C=S(C)(=O)Nc1ccc(Cl)cc1C(C)(C)C. The Morgan fingerprint density at radius 2 is 1.94 bits per heavy atom. The van der Waals surface area contributed by atoms with Crippen LogP contribution in [0.3, 0.4) is 0 Å². The van der Waals surface area contributed by atoms with Crippen LogP contribution in [0.2, 0.25) is 5.02 Å². The summed E-state index contributed by atoms with van der Waals surface area (Å²) in [6.07, 6.45) is 1.58. The lowest BCUT2D eigenvalue weighted by atomic mass is 9.86. The second-order valence-corrected chi connectivity index (χ2v) is 7.70. The molecule has 90 valence electrons. The molecule has 2 nitrogen and oxygen atoms in total. The third-order valence-corrected chi connectivity index (χ3v) is 3.00. The molecule has 0 heterocycles. The van der Waals surface area contributed by atoms with Gasteiger partial charge in [0.15, 0.2) is 0 Å². The lowest BCUT2D eigenvalue weighted by Crippen LogP contribution is -2.17. The van der Waals surface area contributed by atoms with Crippen LogP contribution in [0.15, 0.2) is 18.2 Å². The number of hydrogen-bond donors (Lipinski definition) is 1. The van der Waals surface area contributed by atoms with Crippen LogP contribution in [0.4, 0.5) is 5.69 Å². The molecule has 0 bridgehead atoms. The van der Waals surface area contributed by atoms with Gasteiger partial charge in [0.2, 0.25) is 0 Å². The van der Waals surface area contributed by atoms with Crippen LogP contribution in [0.25, 0.3) is 0 Å². The highest BCUT2D eigenvalue weighted by Crippen LogP contribution is 2.32. The molecule has 1 atom stereocenters. The molecule has 0 aromatic heterocycles. The molecule has 0 radical (unpaired) electrons. The van der Waals surface area contributed by atoms with Gasteiger partial charge in [-0.2, -0.15) is 0 Å². The van der Waals surface area contributed by atoms with Gasteiger partial charge < -0.3 is 4.72 Å². The number of rotatable bonds is 2. The molecule has 1 aromatic rings. The van der Waals surface area contributed by atoms with Crippen LogP contribution in [0.5, 0.6) is 0 Å². The van der Waals surface area contributed by atoms with E-state index in [9.17, 15) is 4.21 Å². The Bertz CT molecular complexity index is 486. The summed E-state index contributed by atoms with van der Waals surface area (Å²) < 4.78 is 14.6. The molecule has 1 rings (SSSR count). The van der Waals surface area contributed by atoms with Gasteiger partial charge in [0.05, 0.1) is 0 Å². The highest BCUT2D eigenvalue weighted by molar-refractivity contribution is 8.00. The Kier molecular flexibility index (Phi) is 3.60. The molecule has 1 N–H and O–H groups in total. The second-order valence-electron chi connectivity index (χ2n) is 5.05. The van der Waals surface area contributed by atoms with Crippen LogP contribution in [0.1, 0.15) is 26.3 Å². The van der Waals surface area contributed by atoms with Crippen molar-refractivity contribution in [3.05, 3.63) is 28.8 Å². The fraction of sp³-hybridized carbons (Fsp3) is 0.417. The fourth-order valence-corrected chi connectivity index (χ4v) is 2.27. The number of anilines is 1. The van der Waals surface area contributed by atoms with Crippen molar-refractivity contribution in [1.82, 2.24) is 0 Å². The number of benzene rings is 1. The Morgan fingerprint density at radius 1 is 1.38 bits per heavy atom. The number of nitrogens with one attached hydrogen (secondary N) is 1. The molecule has 16 heavy (non-hydrogen) atoms. The molecule has 0 aliphatic rings. The van der Waals surface area contributed by atoms with E-state index in [2.05, 4.69) is 31.4 Å². The lowest BCUT2D eigenvalue weighted by Gasteiger charge is -2.24. The summed E-state index contributed by atoms with van der Waals surface area (Å²) in [4.78, 5) is 0. The van der Waals surface area contributed by atoms with E-state index in [1.54, 1.807) is 12.3 Å². The second kappa shape index (κ2) is 4.30. The maximum absolute atomic E-state index is 11.7. The first-order valence-corrected chi connectivity index (χ1v) is 7.51. The van der Waals surface area contributed by atoms with Gasteiger partial charge in [-0.05, 0) is 35.0 Å². The van der Waals surface area contributed by atoms with E-state index in [0.29, 0.717) is 5.02 Å². The predicted molar refractivity (Wildman–Crippen MR) is 75.0 cm³/mol. The summed E-state index contributed by atoms with van der Waals surface area (Å²) >= 11 is 5.98. The van der Waals surface area contributed by atoms with Crippen LogP contribution in [0, 0.1) is 0 Å². The van der Waals surface area contributed by atoms with E-state index >= 15 is 0 Å². The van der Waals surface area contributed by atoms with E-state index in [1.807, 2.05) is 12.1 Å². The summed E-state index contributed by atoms with van der Waals surface area (Å²) in [5.74, 6) is 3.59. The van der Waals surface area contributed by atoms with Gasteiger partial charge in [-0.15, -0.1) is 0 Å². The normalized spacial score (nSPS) is 15.6. The molecule has 0 amide bonds. The zero-order chi connectivity index (χ0) is 12.6.